The third kappa shape index (κ3) is 2.79. The fourth-order valence-corrected chi connectivity index (χ4v) is 2.07. The molecule has 0 amide bonds. The average molecular weight is 279 g/mol. The molecular weight excluding hydrogens is 264 g/mol. The Morgan fingerprint density at radius 1 is 1.42 bits per heavy atom. The lowest BCUT2D eigenvalue weighted by Crippen LogP contribution is -2.10. The standard InChI is InChI=1S/C14H15ClN2O2/c1-3-16-13-10-7-9(15)5-6-12(10)17-8-11(13)14(18)19-4-2/h5-8H,3-4H2,1-2H3,(H,16,17). The number of ether oxygens (including phenoxy) is 1. The van der Waals surface area contributed by atoms with Crippen LogP contribution in [0.3, 0.4) is 0 Å². The maximum atomic E-state index is 11.9. The first-order chi connectivity index (χ1) is 9.17. The van der Waals surface area contributed by atoms with E-state index in [2.05, 4.69) is 10.3 Å². The topological polar surface area (TPSA) is 51.2 Å². The number of rotatable bonds is 4. The van der Waals surface area contributed by atoms with Gasteiger partial charge in [0, 0.05) is 23.2 Å². The predicted octanol–water partition coefficient (Wildman–Crippen LogP) is 3.50. The molecule has 1 N–H and O–H groups in total. The normalized spacial score (nSPS) is 10.5. The number of halogens is 1. The van der Waals surface area contributed by atoms with Crippen molar-refractivity contribution < 1.29 is 9.53 Å². The molecule has 0 saturated heterocycles. The molecule has 0 aliphatic carbocycles. The molecule has 0 radical (unpaired) electrons. The summed E-state index contributed by atoms with van der Waals surface area (Å²) in [5.74, 6) is -0.382. The Hall–Kier alpha value is -1.81. The van der Waals surface area contributed by atoms with E-state index in [1.807, 2.05) is 13.0 Å². The summed E-state index contributed by atoms with van der Waals surface area (Å²) < 4.78 is 5.04. The highest BCUT2D eigenvalue weighted by atomic mass is 35.5. The van der Waals surface area contributed by atoms with Gasteiger partial charge in [-0.1, -0.05) is 11.6 Å². The zero-order valence-corrected chi connectivity index (χ0v) is 11.6. The summed E-state index contributed by atoms with van der Waals surface area (Å²) in [4.78, 5) is 16.2. The minimum atomic E-state index is -0.382. The van der Waals surface area contributed by atoms with Crippen LogP contribution in [0.2, 0.25) is 5.02 Å². The lowest BCUT2D eigenvalue weighted by atomic mass is 10.1. The molecule has 100 valence electrons. The lowest BCUT2D eigenvalue weighted by Gasteiger charge is -2.12. The van der Waals surface area contributed by atoms with E-state index in [0.717, 1.165) is 10.9 Å². The van der Waals surface area contributed by atoms with E-state index in [4.69, 9.17) is 16.3 Å². The highest BCUT2D eigenvalue weighted by Crippen LogP contribution is 2.28. The third-order valence-corrected chi connectivity index (χ3v) is 2.91. The van der Waals surface area contributed by atoms with Gasteiger partial charge in [0.2, 0.25) is 0 Å². The van der Waals surface area contributed by atoms with E-state index in [1.165, 1.54) is 6.20 Å². The number of carbonyl (C=O) groups is 1. The van der Waals surface area contributed by atoms with Gasteiger partial charge >= 0.3 is 5.97 Å². The monoisotopic (exact) mass is 278 g/mol. The van der Waals surface area contributed by atoms with Crippen molar-refractivity contribution in [2.75, 3.05) is 18.5 Å². The van der Waals surface area contributed by atoms with Crippen LogP contribution in [0, 0.1) is 0 Å². The number of hydrogen-bond donors (Lipinski definition) is 1. The number of pyridine rings is 1. The van der Waals surface area contributed by atoms with Crippen LogP contribution in [-0.2, 0) is 4.74 Å². The van der Waals surface area contributed by atoms with Crippen LogP contribution in [0.25, 0.3) is 10.9 Å². The molecular formula is C14H15ClN2O2. The van der Waals surface area contributed by atoms with E-state index in [0.29, 0.717) is 29.4 Å². The summed E-state index contributed by atoms with van der Waals surface area (Å²) in [6.07, 6.45) is 1.53. The van der Waals surface area contributed by atoms with Crippen LogP contribution in [0.1, 0.15) is 24.2 Å². The Bertz CT molecular complexity index is 614. The molecule has 5 heteroatoms. The van der Waals surface area contributed by atoms with Crippen molar-refractivity contribution in [1.29, 1.82) is 0 Å². The molecule has 4 nitrogen and oxygen atoms in total. The Morgan fingerprint density at radius 2 is 2.21 bits per heavy atom. The lowest BCUT2D eigenvalue weighted by molar-refractivity contribution is 0.0527. The van der Waals surface area contributed by atoms with Crippen molar-refractivity contribution in [3.8, 4) is 0 Å². The van der Waals surface area contributed by atoms with Gasteiger partial charge in [-0.05, 0) is 32.0 Å². The number of benzene rings is 1. The quantitative estimate of drug-likeness (QED) is 0.870. The minimum absolute atomic E-state index is 0.331. The van der Waals surface area contributed by atoms with Gasteiger partial charge < -0.3 is 10.1 Å². The largest absolute Gasteiger partial charge is 0.462 e. The second kappa shape index (κ2) is 5.89. The minimum Gasteiger partial charge on any atom is -0.462 e. The van der Waals surface area contributed by atoms with E-state index < -0.39 is 0 Å². The van der Waals surface area contributed by atoms with Crippen LogP contribution < -0.4 is 5.32 Å². The van der Waals surface area contributed by atoms with Gasteiger partial charge in [-0.2, -0.15) is 0 Å². The predicted molar refractivity (Wildman–Crippen MR) is 76.9 cm³/mol. The fraction of sp³-hybridized carbons (Fsp3) is 0.286. The van der Waals surface area contributed by atoms with Crippen LogP contribution in [0.4, 0.5) is 5.69 Å². The van der Waals surface area contributed by atoms with Gasteiger partial charge in [-0.15, -0.1) is 0 Å². The summed E-state index contributed by atoms with van der Waals surface area (Å²) in [7, 11) is 0. The van der Waals surface area contributed by atoms with Gasteiger partial charge in [0.15, 0.2) is 0 Å². The SMILES string of the molecule is CCNc1c(C(=O)OCC)cnc2ccc(Cl)cc12. The number of aromatic nitrogens is 1. The van der Waals surface area contributed by atoms with E-state index in [1.54, 1.807) is 19.1 Å². The molecule has 0 fully saturated rings. The average Bonchev–Trinajstić information content (AvgIpc) is 2.40. The molecule has 0 aliphatic heterocycles. The molecule has 2 rings (SSSR count). The summed E-state index contributed by atoms with van der Waals surface area (Å²) in [6.45, 7) is 4.76. The van der Waals surface area contributed by atoms with E-state index in [9.17, 15) is 4.79 Å². The molecule has 19 heavy (non-hydrogen) atoms. The van der Waals surface area contributed by atoms with E-state index in [-0.39, 0.29) is 5.97 Å². The van der Waals surface area contributed by atoms with Crippen molar-refractivity contribution in [3.63, 3.8) is 0 Å². The fourth-order valence-electron chi connectivity index (χ4n) is 1.90. The molecule has 0 bridgehead atoms. The number of anilines is 1. The van der Waals surface area contributed by atoms with Crippen LogP contribution in [0.5, 0.6) is 0 Å². The van der Waals surface area contributed by atoms with Crippen LogP contribution in [0.15, 0.2) is 24.4 Å². The number of nitrogens with zero attached hydrogens (tertiary/aromatic N) is 1. The molecule has 0 aliphatic rings. The Morgan fingerprint density at radius 3 is 2.89 bits per heavy atom. The van der Waals surface area contributed by atoms with Gasteiger partial charge in [0.05, 0.1) is 17.8 Å². The maximum Gasteiger partial charge on any atom is 0.341 e. The summed E-state index contributed by atoms with van der Waals surface area (Å²) in [6, 6.07) is 5.40. The highest BCUT2D eigenvalue weighted by molar-refractivity contribution is 6.31. The molecule has 0 saturated carbocycles. The van der Waals surface area contributed by atoms with Crippen LogP contribution >= 0.6 is 11.6 Å². The van der Waals surface area contributed by atoms with Gasteiger partial charge in [0.1, 0.15) is 5.56 Å². The zero-order valence-electron chi connectivity index (χ0n) is 10.9. The van der Waals surface area contributed by atoms with Gasteiger partial charge in [-0.25, -0.2) is 4.79 Å². The molecule has 0 spiro atoms. The van der Waals surface area contributed by atoms with Crippen molar-refractivity contribution in [2.45, 2.75) is 13.8 Å². The van der Waals surface area contributed by atoms with Crippen LogP contribution in [-0.4, -0.2) is 24.1 Å². The second-order valence-electron chi connectivity index (χ2n) is 3.96. The first kappa shape index (κ1) is 13.6. The first-order valence-electron chi connectivity index (χ1n) is 6.16. The third-order valence-electron chi connectivity index (χ3n) is 2.68. The maximum absolute atomic E-state index is 11.9. The van der Waals surface area contributed by atoms with Crippen molar-refractivity contribution in [3.05, 3.63) is 35.0 Å². The molecule has 1 aromatic carbocycles. The first-order valence-corrected chi connectivity index (χ1v) is 6.54. The number of carbonyl (C=O) groups excluding carboxylic acids is 1. The van der Waals surface area contributed by atoms with E-state index >= 15 is 0 Å². The van der Waals surface area contributed by atoms with Gasteiger partial charge in [0.25, 0.3) is 0 Å². The zero-order chi connectivity index (χ0) is 13.8. The molecule has 1 heterocycles. The number of nitrogens with one attached hydrogen (secondary N) is 1. The Labute approximate surface area is 116 Å². The Balaban J connectivity index is 2.63. The summed E-state index contributed by atoms with van der Waals surface area (Å²) in [5, 5.41) is 4.61. The molecule has 1 aromatic heterocycles. The second-order valence-corrected chi connectivity index (χ2v) is 4.40. The van der Waals surface area contributed by atoms with Crippen molar-refractivity contribution in [2.24, 2.45) is 0 Å². The van der Waals surface area contributed by atoms with Gasteiger partial charge in [-0.3, -0.25) is 4.98 Å². The summed E-state index contributed by atoms with van der Waals surface area (Å²) in [5.41, 5.74) is 1.93. The smallest absolute Gasteiger partial charge is 0.341 e. The highest BCUT2D eigenvalue weighted by Gasteiger charge is 2.16. The molecule has 0 atom stereocenters. The molecule has 0 unspecified atom stereocenters. The number of hydrogen-bond acceptors (Lipinski definition) is 4. The summed E-state index contributed by atoms with van der Waals surface area (Å²) >= 11 is 6.01. The van der Waals surface area contributed by atoms with Crippen molar-refractivity contribution >= 4 is 34.2 Å². The van der Waals surface area contributed by atoms with Crippen molar-refractivity contribution in [1.82, 2.24) is 4.98 Å². The molecule has 2 aromatic rings. The number of fused-ring (bicyclic) bond motifs is 1. The Kier molecular flexibility index (Phi) is 4.22. The number of esters is 1.